The minimum absolute atomic E-state index is 0.361. The third-order valence-corrected chi connectivity index (χ3v) is 3.65. The summed E-state index contributed by atoms with van der Waals surface area (Å²) in [6.45, 7) is 8.24. The summed E-state index contributed by atoms with van der Waals surface area (Å²) in [5.74, 6) is 0. The monoisotopic (exact) mass is 283 g/mol. The van der Waals surface area contributed by atoms with Gasteiger partial charge < -0.3 is 5.32 Å². The largest absolute Gasteiger partial charge is 0.309 e. The number of hydrogen-bond donors (Lipinski definition) is 1. The second-order valence-corrected chi connectivity index (χ2v) is 5.17. The lowest BCUT2D eigenvalue weighted by molar-refractivity contribution is 0.244. The molecule has 0 amide bonds. The summed E-state index contributed by atoms with van der Waals surface area (Å²) < 4.78 is 0. The molecule has 3 heteroatoms. The third-order valence-electron chi connectivity index (χ3n) is 3.65. The van der Waals surface area contributed by atoms with Crippen molar-refractivity contribution in [2.24, 2.45) is 0 Å². The van der Waals surface area contributed by atoms with Crippen molar-refractivity contribution in [3.63, 3.8) is 0 Å². The van der Waals surface area contributed by atoms with E-state index in [0.29, 0.717) is 6.04 Å². The van der Waals surface area contributed by atoms with Crippen molar-refractivity contribution in [3.8, 4) is 0 Å². The highest BCUT2D eigenvalue weighted by molar-refractivity contribution is 5.19. The molecule has 0 aliphatic rings. The Balaban J connectivity index is 2.03. The zero-order valence-corrected chi connectivity index (χ0v) is 13.0. The van der Waals surface area contributed by atoms with Crippen LogP contribution in [0.15, 0.2) is 54.7 Å². The number of hydrogen-bond acceptors (Lipinski definition) is 3. The van der Waals surface area contributed by atoms with E-state index in [9.17, 15) is 0 Å². The Labute approximate surface area is 128 Å². The van der Waals surface area contributed by atoms with Crippen LogP contribution in [0.25, 0.3) is 0 Å². The first-order valence-electron chi connectivity index (χ1n) is 7.74. The summed E-state index contributed by atoms with van der Waals surface area (Å²) in [4.78, 5) is 6.86. The van der Waals surface area contributed by atoms with E-state index in [0.717, 1.165) is 31.9 Å². The Morgan fingerprint density at radius 1 is 1.05 bits per heavy atom. The van der Waals surface area contributed by atoms with Crippen molar-refractivity contribution < 1.29 is 0 Å². The smallest absolute Gasteiger partial charge is 0.0543 e. The lowest BCUT2D eigenvalue weighted by Crippen LogP contribution is -2.35. The van der Waals surface area contributed by atoms with Gasteiger partial charge in [0.25, 0.3) is 0 Å². The highest BCUT2D eigenvalue weighted by Crippen LogP contribution is 2.15. The van der Waals surface area contributed by atoms with Gasteiger partial charge in [0.1, 0.15) is 0 Å². The quantitative estimate of drug-likeness (QED) is 0.806. The molecular weight excluding hydrogens is 258 g/mol. The highest BCUT2D eigenvalue weighted by atomic mass is 15.1. The number of aromatic nitrogens is 1. The lowest BCUT2D eigenvalue weighted by atomic mass is 10.1. The molecule has 0 saturated carbocycles. The minimum atomic E-state index is 0.361. The maximum atomic E-state index is 4.43. The van der Waals surface area contributed by atoms with Crippen LogP contribution in [-0.4, -0.2) is 29.5 Å². The van der Waals surface area contributed by atoms with E-state index in [1.807, 2.05) is 12.3 Å². The van der Waals surface area contributed by atoms with Crippen LogP contribution in [0.4, 0.5) is 0 Å². The fourth-order valence-corrected chi connectivity index (χ4v) is 2.50. The average Bonchev–Trinajstić information content (AvgIpc) is 2.55. The van der Waals surface area contributed by atoms with Gasteiger partial charge in [0.05, 0.1) is 5.69 Å². The number of rotatable bonds is 8. The fraction of sp³-hybridized carbons (Fsp3) is 0.389. The molecule has 21 heavy (non-hydrogen) atoms. The first kappa shape index (κ1) is 15.7. The van der Waals surface area contributed by atoms with Gasteiger partial charge in [-0.15, -0.1) is 0 Å². The normalized spacial score (nSPS) is 12.5. The topological polar surface area (TPSA) is 28.2 Å². The van der Waals surface area contributed by atoms with Crippen LogP contribution in [0, 0.1) is 0 Å². The van der Waals surface area contributed by atoms with E-state index in [-0.39, 0.29) is 0 Å². The Bertz CT molecular complexity index is 498. The molecule has 1 N–H and O–H groups in total. The maximum Gasteiger partial charge on any atom is 0.0543 e. The van der Waals surface area contributed by atoms with E-state index < -0.39 is 0 Å². The predicted molar refractivity (Wildman–Crippen MR) is 88.0 cm³/mol. The van der Waals surface area contributed by atoms with E-state index in [2.05, 4.69) is 71.5 Å². The highest BCUT2D eigenvalue weighted by Gasteiger charge is 2.14. The Morgan fingerprint density at radius 2 is 1.81 bits per heavy atom. The molecule has 112 valence electrons. The van der Waals surface area contributed by atoms with Crippen molar-refractivity contribution >= 4 is 0 Å². The van der Waals surface area contributed by atoms with Crippen LogP contribution in [0.5, 0.6) is 0 Å². The van der Waals surface area contributed by atoms with Gasteiger partial charge in [-0.1, -0.05) is 50.2 Å². The molecule has 1 aromatic carbocycles. The maximum absolute atomic E-state index is 4.43. The molecule has 0 radical (unpaired) electrons. The Morgan fingerprint density at radius 3 is 2.43 bits per heavy atom. The summed E-state index contributed by atoms with van der Waals surface area (Å²) >= 11 is 0. The summed E-state index contributed by atoms with van der Waals surface area (Å²) in [5.41, 5.74) is 2.47. The molecular formula is C18H25N3. The number of nitrogens with zero attached hydrogens (tertiary/aromatic N) is 2. The SMILES string of the molecule is CCNC(CN(CC)Cc1ccccn1)c1ccccc1. The van der Waals surface area contributed by atoms with Crippen LogP contribution >= 0.6 is 0 Å². The molecule has 1 heterocycles. The first-order valence-corrected chi connectivity index (χ1v) is 7.74. The van der Waals surface area contributed by atoms with Gasteiger partial charge >= 0.3 is 0 Å². The summed E-state index contributed by atoms with van der Waals surface area (Å²) in [6.07, 6.45) is 1.86. The Hall–Kier alpha value is -1.71. The van der Waals surface area contributed by atoms with Crippen molar-refractivity contribution in [2.45, 2.75) is 26.4 Å². The molecule has 1 aromatic heterocycles. The summed E-state index contributed by atoms with van der Waals surface area (Å²) in [7, 11) is 0. The molecule has 0 bridgehead atoms. The predicted octanol–water partition coefficient (Wildman–Crippen LogP) is 3.25. The molecule has 2 aromatic rings. The number of benzene rings is 1. The average molecular weight is 283 g/mol. The zero-order valence-electron chi connectivity index (χ0n) is 13.0. The van der Waals surface area contributed by atoms with Gasteiger partial charge in [-0.2, -0.15) is 0 Å². The molecule has 0 aliphatic heterocycles. The minimum Gasteiger partial charge on any atom is -0.309 e. The number of pyridine rings is 1. The van der Waals surface area contributed by atoms with E-state index in [1.165, 1.54) is 5.56 Å². The molecule has 0 saturated heterocycles. The fourth-order valence-electron chi connectivity index (χ4n) is 2.50. The zero-order chi connectivity index (χ0) is 14.9. The molecule has 1 unspecified atom stereocenters. The van der Waals surface area contributed by atoms with Gasteiger partial charge in [0.2, 0.25) is 0 Å². The first-order chi connectivity index (χ1) is 10.3. The second kappa shape index (κ2) is 8.55. The van der Waals surface area contributed by atoms with Crippen molar-refractivity contribution in [3.05, 3.63) is 66.0 Å². The number of nitrogens with one attached hydrogen (secondary N) is 1. The van der Waals surface area contributed by atoms with Gasteiger partial charge in [-0.3, -0.25) is 9.88 Å². The van der Waals surface area contributed by atoms with E-state index in [4.69, 9.17) is 0 Å². The van der Waals surface area contributed by atoms with Crippen LogP contribution in [0.2, 0.25) is 0 Å². The van der Waals surface area contributed by atoms with Crippen LogP contribution < -0.4 is 5.32 Å². The standard InChI is InChI=1S/C18H25N3/c1-3-19-18(16-10-6-5-7-11-16)15-21(4-2)14-17-12-8-9-13-20-17/h5-13,18-19H,3-4,14-15H2,1-2H3. The van der Waals surface area contributed by atoms with Crippen LogP contribution in [-0.2, 0) is 6.54 Å². The molecule has 3 nitrogen and oxygen atoms in total. The molecule has 2 rings (SSSR count). The van der Waals surface area contributed by atoms with Crippen LogP contribution in [0.1, 0.15) is 31.1 Å². The molecule has 0 aliphatic carbocycles. The van der Waals surface area contributed by atoms with Gasteiger partial charge in [0.15, 0.2) is 0 Å². The lowest BCUT2D eigenvalue weighted by Gasteiger charge is -2.27. The molecule has 1 atom stereocenters. The van der Waals surface area contributed by atoms with E-state index >= 15 is 0 Å². The van der Waals surface area contributed by atoms with E-state index in [1.54, 1.807) is 0 Å². The van der Waals surface area contributed by atoms with Gasteiger partial charge in [0, 0.05) is 25.3 Å². The van der Waals surface area contributed by atoms with Crippen LogP contribution in [0.3, 0.4) is 0 Å². The van der Waals surface area contributed by atoms with Gasteiger partial charge in [-0.25, -0.2) is 0 Å². The third kappa shape index (κ3) is 4.96. The summed E-state index contributed by atoms with van der Waals surface area (Å²) in [6, 6.07) is 17.1. The molecule has 0 spiro atoms. The molecule has 0 fully saturated rings. The van der Waals surface area contributed by atoms with Crippen molar-refractivity contribution in [2.75, 3.05) is 19.6 Å². The van der Waals surface area contributed by atoms with Crippen molar-refractivity contribution in [1.82, 2.24) is 15.2 Å². The second-order valence-electron chi connectivity index (χ2n) is 5.17. The Kier molecular flexibility index (Phi) is 6.38. The van der Waals surface area contributed by atoms with Crippen molar-refractivity contribution in [1.29, 1.82) is 0 Å². The van der Waals surface area contributed by atoms with Gasteiger partial charge in [-0.05, 0) is 30.8 Å². The number of likely N-dealkylation sites (N-methyl/N-ethyl adjacent to an activating group) is 2. The summed E-state index contributed by atoms with van der Waals surface area (Å²) in [5, 5.41) is 3.59.